The lowest BCUT2D eigenvalue weighted by atomic mass is 9.94. The van der Waals surface area contributed by atoms with Gasteiger partial charge in [-0.2, -0.15) is 0 Å². The van der Waals surface area contributed by atoms with Crippen LogP contribution in [0.25, 0.3) is 0 Å². The molecule has 0 spiro atoms. The number of nitrogens with zero attached hydrogens (tertiary/aromatic N) is 1. The van der Waals surface area contributed by atoms with E-state index in [-0.39, 0.29) is 0 Å². The summed E-state index contributed by atoms with van der Waals surface area (Å²) in [6.45, 7) is 12.7. The van der Waals surface area contributed by atoms with E-state index in [1.807, 2.05) is 0 Å². The average Bonchev–Trinajstić information content (AvgIpc) is 3.04. The van der Waals surface area contributed by atoms with Gasteiger partial charge in [0.05, 0.1) is 0 Å². The summed E-state index contributed by atoms with van der Waals surface area (Å²) < 4.78 is 0. The number of nitrogens with two attached hydrogens (primary N) is 1. The normalized spacial score (nSPS) is 18.4. The molecule has 0 aromatic rings. The summed E-state index contributed by atoms with van der Waals surface area (Å²) in [4.78, 5) is 2.65. The van der Waals surface area contributed by atoms with E-state index in [9.17, 15) is 0 Å². The molecule has 0 heterocycles. The molecular weight excluding hydrogens is 208 g/mol. The van der Waals surface area contributed by atoms with Crippen molar-refractivity contribution >= 4 is 0 Å². The van der Waals surface area contributed by atoms with E-state index in [2.05, 4.69) is 32.6 Å². The fourth-order valence-corrected chi connectivity index (χ4v) is 2.54. The van der Waals surface area contributed by atoms with Crippen LogP contribution in [0.5, 0.6) is 0 Å². The maximum atomic E-state index is 5.88. The largest absolute Gasteiger partial charge is 0.330 e. The summed E-state index contributed by atoms with van der Waals surface area (Å²) in [7, 11) is 0. The van der Waals surface area contributed by atoms with Crippen LogP contribution in [0.1, 0.15) is 53.4 Å². The highest BCUT2D eigenvalue weighted by Crippen LogP contribution is 2.30. The van der Waals surface area contributed by atoms with Gasteiger partial charge in [0.25, 0.3) is 0 Å². The molecule has 0 amide bonds. The van der Waals surface area contributed by atoms with Crippen LogP contribution < -0.4 is 5.73 Å². The third-order valence-corrected chi connectivity index (χ3v) is 3.88. The van der Waals surface area contributed by atoms with Gasteiger partial charge in [0.2, 0.25) is 0 Å². The predicted molar refractivity (Wildman–Crippen MR) is 76.0 cm³/mol. The second kappa shape index (κ2) is 7.38. The zero-order chi connectivity index (χ0) is 12.8. The molecule has 0 bridgehead atoms. The van der Waals surface area contributed by atoms with E-state index in [0.717, 1.165) is 24.3 Å². The first kappa shape index (κ1) is 15.0. The fraction of sp³-hybridized carbons (Fsp3) is 1.00. The molecule has 102 valence electrons. The van der Waals surface area contributed by atoms with Crippen molar-refractivity contribution in [3.05, 3.63) is 0 Å². The molecule has 1 aliphatic rings. The summed E-state index contributed by atoms with van der Waals surface area (Å²) >= 11 is 0. The molecule has 1 atom stereocenters. The van der Waals surface area contributed by atoms with Crippen molar-refractivity contribution < 1.29 is 0 Å². The monoisotopic (exact) mass is 240 g/mol. The van der Waals surface area contributed by atoms with Crippen molar-refractivity contribution in [1.29, 1.82) is 0 Å². The van der Waals surface area contributed by atoms with Crippen LogP contribution in [-0.2, 0) is 0 Å². The molecule has 1 fully saturated rings. The van der Waals surface area contributed by atoms with Gasteiger partial charge in [-0.05, 0) is 70.4 Å². The zero-order valence-corrected chi connectivity index (χ0v) is 12.3. The molecule has 2 N–H and O–H groups in total. The minimum atomic E-state index is 0.688. The van der Waals surface area contributed by atoms with E-state index in [1.165, 1.54) is 38.8 Å². The number of hydrogen-bond donors (Lipinski definition) is 1. The maximum Gasteiger partial charge on any atom is 0.00387 e. The maximum absolute atomic E-state index is 5.88. The van der Waals surface area contributed by atoms with Gasteiger partial charge >= 0.3 is 0 Å². The van der Waals surface area contributed by atoms with Crippen molar-refractivity contribution in [3.63, 3.8) is 0 Å². The molecular formula is C15H32N2. The fourth-order valence-electron chi connectivity index (χ4n) is 2.54. The van der Waals surface area contributed by atoms with E-state index < -0.39 is 0 Å². The summed E-state index contributed by atoms with van der Waals surface area (Å²) in [6, 6.07) is 0.688. The summed E-state index contributed by atoms with van der Waals surface area (Å²) in [5.41, 5.74) is 5.88. The third kappa shape index (κ3) is 6.42. The van der Waals surface area contributed by atoms with Crippen LogP contribution in [0.15, 0.2) is 0 Å². The number of rotatable bonds is 9. The third-order valence-electron chi connectivity index (χ3n) is 3.88. The van der Waals surface area contributed by atoms with Crippen molar-refractivity contribution in [2.75, 3.05) is 19.6 Å². The molecule has 1 aliphatic carbocycles. The number of hydrogen-bond acceptors (Lipinski definition) is 2. The molecule has 1 saturated carbocycles. The first-order valence-electron chi connectivity index (χ1n) is 7.47. The lowest BCUT2D eigenvalue weighted by Gasteiger charge is -2.28. The van der Waals surface area contributed by atoms with Gasteiger partial charge in [-0.15, -0.1) is 0 Å². The minimum absolute atomic E-state index is 0.688. The molecule has 0 aliphatic heterocycles. The Balaban J connectivity index is 2.27. The Morgan fingerprint density at radius 2 is 1.82 bits per heavy atom. The highest BCUT2D eigenvalue weighted by atomic mass is 15.1. The standard InChI is InChI=1S/C15H32N2/c1-12(2)9-15(10-16)7-8-17(13(3)4)11-14-5-6-14/h12-15H,5-11,16H2,1-4H3. The molecule has 1 rings (SSSR count). The van der Waals surface area contributed by atoms with E-state index >= 15 is 0 Å². The Morgan fingerprint density at radius 1 is 1.18 bits per heavy atom. The van der Waals surface area contributed by atoms with Gasteiger partial charge in [-0.3, -0.25) is 0 Å². The summed E-state index contributed by atoms with van der Waals surface area (Å²) in [5.74, 6) is 2.49. The van der Waals surface area contributed by atoms with Crippen molar-refractivity contribution in [2.24, 2.45) is 23.5 Å². The zero-order valence-electron chi connectivity index (χ0n) is 12.3. The van der Waals surface area contributed by atoms with Crippen molar-refractivity contribution in [3.8, 4) is 0 Å². The van der Waals surface area contributed by atoms with E-state index in [0.29, 0.717) is 6.04 Å². The molecule has 17 heavy (non-hydrogen) atoms. The second-order valence-corrected chi connectivity index (χ2v) is 6.55. The van der Waals surface area contributed by atoms with Gasteiger partial charge in [0.1, 0.15) is 0 Å². The van der Waals surface area contributed by atoms with Crippen LogP contribution >= 0.6 is 0 Å². The van der Waals surface area contributed by atoms with E-state index in [4.69, 9.17) is 5.73 Å². The predicted octanol–water partition coefficient (Wildman–Crippen LogP) is 3.12. The van der Waals surface area contributed by atoms with Crippen LogP contribution in [-0.4, -0.2) is 30.6 Å². The van der Waals surface area contributed by atoms with Crippen molar-refractivity contribution in [2.45, 2.75) is 59.4 Å². The van der Waals surface area contributed by atoms with Crippen LogP contribution in [0.3, 0.4) is 0 Å². The Kier molecular flexibility index (Phi) is 6.50. The lowest BCUT2D eigenvalue weighted by molar-refractivity contribution is 0.193. The van der Waals surface area contributed by atoms with Crippen molar-refractivity contribution in [1.82, 2.24) is 4.90 Å². The van der Waals surface area contributed by atoms with Gasteiger partial charge in [0.15, 0.2) is 0 Å². The topological polar surface area (TPSA) is 29.3 Å². The first-order valence-corrected chi connectivity index (χ1v) is 7.47. The molecule has 2 nitrogen and oxygen atoms in total. The SMILES string of the molecule is CC(C)CC(CN)CCN(CC1CC1)C(C)C. The highest BCUT2D eigenvalue weighted by molar-refractivity contribution is 4.79. The van der Waals surface area contributed by atoms with Crippen LogP contribution in [0, 0.1) is 17.8 Å². The molecule has 0 saturated heterocycles. The molecule has 0 aromatic carbocycles. The van der Waals surface area contributed by atoms with Gasteiger partial charge in [0, 0.05) is 12.6 Å². The lowest BCUT2D eigenvalue weighted by Crippen LogP contribution is -2.35. The Hall–Kier alpha value is -0.0800. The smallest absolute Gasteiger partial charge is 0.00387 e. The minimum Gasteiger partial charge on any atom is -0.330 e. The van der Waals surface area contributed by atoms with Crippen LogP contribution in [0.4, 0.5) is 0 Å². The molecule has 2 heteroatoms. The Morgan fingerprint density at radius 3 is 2.24 bits per heavy atom. The van der Waals surface area contributed by atoms with Gasteiger partial charge < -0.3 is 10.6 Å². The van der Waals surface area contributed by atoms with E-state index in [1.54, 1.807) is 0 Å². The second-order valence-electron chi connectivity index (χ2n) is 6.55. The highest BCUT2D eigenvalue weighted by Gasteiger charge is 2.25. The Labute approximate surface area is 108 Å². The Bertz CT molecular complexity index is 197. The van der Waals surface area contributed by atoms with Gasteiger partial charge in [-0.1, -0.05) is 13.8 Å². The molecule has 0 radical (unpaired) electrons. The summed E-state index contributed by atoms with van der Waals surface area (Å²) in [5, 5.41) is 0. The molecule has 1 unspecified atom stereocenters. The quantitative estimate of drug-likeness (QED) is 0.671. The summed E-state index contributed by atoms with van der Waals surface area (Å²) in [6.07, 6.45) is 5.47. The average molecular weight is 240 g/mol. The van der Waals surface area contributed by atoms with Gasteiger partial charge in [-0.25, -0.2) is 0 Å². The van der Waals surface area contributed by atoms with Crippen LogP contribution in [0.2, 0.25) is 0 Å². The first-order chi connectivity index (χ1) is 8.02. The molecule has 0 aromatic heterocycles.